The minimum absolute atomic E-state index is 0.0111. The van der Waals surface area contributed by atoms with Crippen LogP contribution in [0.3, 0.4) is 0 Å². The number of halogens is 1. The van der Waals surface area contributed by atoms with Crippen LogP contribution in [0.1, 0.15) is 0 Å². The molecular formula is C15H13FN2O. The van der Waals surface area contributed by atoms with E-state index in [0.29, 0.717) is 5.69 Å². The van der Waals surface area contributed by atoms with Crippen LogP contribution in [-0.4, -0.2) is 19.5 Å². The molecule has 1 aliphatic rings. The second kappa shape index (κ2) is 4.39. The third kappa shape index (κ3) is 1.95. The molecule has 3 nitrogen and oxygen atoms in total. The molecule has 0 saturated carbocycles. The first-order chi connectivity index (χ1) is 9.16. The van der Waals surface area contributed by atoms with Crippen molar-refractivity contribution in [3.8, 4) is 0 Å². The molecule has 2 aromatic carbocycles. The average Bonchev–Trinajstić information content (AvgIpc) is 2.43. The average molecular weight is 256 g/mol. The predicted octanol–water partition coefficient (Wildman–Crippen LogP) is 2.94. The fourth-order valence-electron chi connectivity index (χ4n) is 2.31. The molecule has 0 aromatic heterocycles. The van der Waals surface area contributed by atoms with Crippen LogP contribution in [-0.2, 0) is 4.79 Å². The number of para-hydroxylation sites is 2. The molecule has 0 saturated heterocycles. The van der Waals surface area contributed by atoms with Gasteiger partial charge >= 0.3 is 0 Å². The topological polar surface area (TPSA) is 23.6 Å². The summed E-state index contributed by atoms with van der Waals surface area (Å²) >= 11 is 0. The van der Waals surface area contributed by atoms with E-state index in [2.05, 4.69) is 0 Å². The highest BCUT2D eigenvalue weighted by molar-refractivity contribution is 6.04. The zero-order valence-electron chi connectivity index (χ0n) is 10.5. The molecule has 0 N–H and O–H groups in total. The largest absolute Gasteiger partial charge is 0.330 e. The monoisotopic (exact) mass is 256 g/mol. The molecule has 0 radical (unpaired) electrons. The van der Waals surface area contributed by atoms with Gasteiger partial charge in [0.15, 0.2) is 0 Å². The first-order valence-corrected chi connectivity index (χ1v) is 6.05. The Kier molecular flexibility index (Phi) is 2.71. The van der Waals surface area contributed by atoms with E-state index in [1.54, 1.807) is 24.1 Å². The van der Waals surface area contributed by atoms with Crippen molar-refractivity contribution in [2.75, 3.05) is 23.4 Å². The molecular weight excluding hydrogens is 243 g/mol. The lowest BCUT2D eigenvalue weighted by molar-refractivity contribution is -0.117. The fraction of sp³-hybridized carbons (Fsp3) is 0.133. The summed E-state index contributed by atoms with van der Waals surface area (Å²) in [6.07, 6.45) is 0. The van der Waals surface area contributed by atoms with Crippen LogP contribution in [0.4, 0.5) is 21.5 Å². The number of hydrogen-bond acceptors (Lipinski definition) is 2. The number of benzene rings is 2. The van der Waals surface area contributed by atoms with E-state index in [9.17, 15) is 9.18 Å². The number of anilines is 3. The van der Waals surface area contributed by atoms with Gasteiger partial charge in [-0.2, -0.15) is 0 Å². The molecule has 0 atom stereocenters. The normalized spacial score (nSPS) is 14.5. The molecule has 1 aliphatic heterocycles. The van der Waals surface area contributed by atoms with Crippen LogP contribution < -0.4 is 9.80 Å². The first kappa shape index (κ1) is 11.7. The lowest BCUT2D eigenvalue weighted by Crippen LogP contribution is -2.41. The quantitative estimate of drug-likeness (QED) is 0.783. The van der Waals surface area contributed by atoms with E-state index < -0.39 is 0 Å². The Labute approximate surface area is 110 Å². The summed E-state index contributed by atoms with van der Waals surface area (Å²) < 4.78 is 13.3. The van der Waals surface area contributed by atoms with Crippen molar-refractivity contribution in [1.82, 2.24) is 0 Å². The Balaban J connectivity index is 2.13. The van der Waals surface area contributed by atoms with Gasteiger partial charge < -0.3 is 9.80 Å². The van der Waals surface area contributed by atoms with E-state index in [1.165, 1.54) is 12.1 Å². The van der Waals surface area contributed by atoms with Crippen molar-refractivity contribution >= 4 is 23.0 Å². The van der Waals surface area contributed by atoms with Crippen molar-refractivity contribution in [3.05, 3.63) is 54.3 Å². The number of fused-ring (bicyclic) bond motifs is 1. The van der Waals surface area contributed by atoms with Crippen molar-refractivity contribution in [1.29, 1.82) is 0 Å². The predicted molar refractivity (Wildman–Crippen MR) is 73.3 cm³/mol. The van der Waals surface area contributed by atoms with Crippen LogP contribution in [0, 0.1) is 5.82 Å². The standard InChI is InChI=1S/C15H13FN2O/c1-17-13-7-2-3-8-14(13)18(10-15(17)19)12-6-4-5-11(16)9-12/h2-9H,10H2,1H3. The number of amides is 1. The van der Waals surface area contributed by atoms with Crippen molar-refractivity contribution in [2.24, 2.45) is 0 Å². The Bertz CT molecular complexity index is 642. The summed E-state index contributed by atoms with van der Waals surface area (Å²) in [4.78, 5) is 15.5. The maximum absolute atomic E-state index is 13.3. The van der Waals surface area contributed by atoms with Gasteiger partial charge in [0.2, 0.25) is 5.91 Å². The van der Waals surface area contributed by atoms with Crippen LogP contribution in [0.2, 0.25) is 0 Å². The lowest BCUT2D eigenvalue weighted by Gasteiger charge is -2.35. The van der Waals surface area contributed by atoms with Crippen LogP contribution in [0.25, 0.3) is 0 Å². The highest BCUT2D eigenvalue weighted by Crippen LogP contribution is 2.37. The van der Waals surface area contributed by atoms with Crippen molar-refractivity contribution in [3.63, 3.8) is 0 Å². The van der Waals surface area contributed by atoms with Gasteiger partial charge in [-0.25, -0.2) is 4.39 Å². The van der Waals surface area contributed by atoms with Crippen molar-refractivity contribution in [2.45, 2.75) is 0 Å². The SMILES string of the molecule is CN1C(=O)CN(c2cccc(F)c2)c2ccccc21. The number of nitrogens with zero attached hydrogens (tertiary/aromatic N) is 2. The third-order valence-corrected chi connectivity index (χ3v) is 3.32. The van der Waals surface area contributed by atoms with Gasteiger partial charge in [-0.1, -0.05) is 18.2 Å². The highest BCUT2D eigenvalue weighted by atomic mass is 19.1. The van der Waals surface area contributed by atoms with Crippen LogP contribution >= 0.6 is 0 Å². The zero-order chi connectivity index (χ0) is 13.4. The van der Waals surface area contributed by atoms with Gasteiger partial charge in [0.1, 0.15) is 12.4 Å². The minimum atomic E-state index is -0.304. The smallest absolute Gasteiger partial charge is 0.246 e. The molecule has 0 bridgehead atoms. The number of hydrogen-bond donors (Lipinski definition) is 0. The Morgan fingerprint density at radius 3 is 2.53 bits per heavy atom. The molecule has 4 heteroatoms. The summed E-state index contributed by atoms with van der Waals surface area (Å²) in [6.45, 7) is 0.219. The first-order valence-electron chi connectivity index (χ1n) is 6.05. The molecule has 0 spiro atoms. The maximum atomic E-state index is 13.3. The van der Waals surface area contributed by atoms with E-state index in [-0.39, 0.29) is 18.3 Å². The molecule has 1 heterocycles. The molecule has 0 fully saturated rings. The molecule has 96 valence electrons. The van der Waals surface area contributed by atoms with Gasteiger partial charge in [-0.15, -0.1) is 0 Å². The number of carbonyl (C=O) groups excluding carboxylic acids is 1. The van der Waals surface area contributed by atoms with E-state index in [0.717, 1.165) is 11.4 Å². The third-order valence-electron chi connectivity index (χ3n) is 3.32. The second-order valence-electron chi connectivity index (χ2n) is 4.51. The Hall–Kier alpha value is -2.36. The highest BCUT2D eigenvalue weighted by Gasteiger charge is 2.27. The van der Waals surface area contributed by atoms with Gasteiger partial charge in [0.25, 0.3) is 0 Å². The fourth-order valence-corrected chi connectivity index (χ4v) is 2.31. The summed E-state index contributed by atoms with van der Waals surface area (Å²) in [5.41, 5.74) is 2.44. The Morgan fingerprint density at radius 1 is 1.05 bits per heavy atom. The maximum Gasteiger partial charge on any atom is 0.246 e. The molecule has 0 unspecified atom stereocenters. The number of likely N-dealkylation sites (N-methyl/N-ethyl adjacent to an activating group) is 1. The number of rotatable bonds is 1. The summed E-state index contributed by atoms with van der Waals surface area (Å²) in [5, 5.41) is 0. The van der Waals surface area contributed by atoms with E-state index >= 15 is 0 Å². The van der Waals surface area contributed by atoms with Crippen molar-refractivity contribution < 1.29 is 9.18 Å². The second-order valence-corrected chi connectivity index (χ2v) is 4.51. The molecule has 2 aromatic rings. The van der Waals surface area contributed by atoms with Crippen LogP contribution in [0.15, 0.2) is 48.5 Å². The summed E-state index contributed by atoms with van der Waals surface area (Å²) in [6, 6.07) is 13.9. The number of carbonyl (C=O) groups is 1. The van der Waals surface area contributed by atoms with Gasteiger partial charge in [0.05, 0.1) is 11.4 Å². The minimum Gasteiger partial charge on any atom is -0.330 e. The van der Waals surface area contributed by atoms with Crippen LogP contribution in [0.5, 0.6) is 0 Å². The summed E-state index contributed by atoms with van der Waals surface area (Å²) in [5.74, 6) is -0.315. The van der Waals surface area contributed by atoms with E-state index in [1.807, 2.05) is 29.2 Å². The Morgan fingerprint density at radius 2 is 1.79 bits per heavy atom. The molecule has 1 amide bonds. The molecule has 19 heavy (non-hydrogen) atoms. The lowest BCUT2D eigenvalue weighted by atomic mass is 10.1. The van der Waals surface area contributed by atoms with Gasteiger partial charge in [-0.3, -0.25) is 4.79 Å². The molecule has 3 rings (SSSR count). The zero-order valence-corrected chi connectivity index (χ0v) is 10.5. The van der Waals surface area contributed by atoms with Gasteiger partial charge in [0, 0.05) is 12.7 Å². The van der Waals surface area contributed by atoms with Gasteiger partial charge in [-0.05, 0) is 30.3 Å². The molecule has 0 aliphatic carbocycles. The summed E-state index contributed by atoms with van der Waals surface area (Å²) in [7, 11) is 1.75. The van der Waals surface area contributed by atoms with E-state index in [4.69, 9.17) is 0 Å².